The number of hydrogen-bond donors (Lipinski definition) is 0. The molecule has 0 aliphatic carbocycles. The third-order valence-corrected chi connectivity index (χ3v) is 5.24. The van der Waals surface area contributed by atoms with Gasteiger partial charge in [0.25, 0.3) is 0 Å². The summed E-state index contributed by atoms with van der Waals surface area (Å²) in [6.45, 7) is 4.19. The number of fused-ring (bicyclic) bond motifs is 3. The van der Waals surface area contributed by atoms with Gasteiger partial charge in [-0.2, -0.15) is 0 Å². The number of nitrogens with zero attached hydrogens (tertiary/aromatic N) is 3. The maximum atomic E-state index is 13.5. The maximum absolute atomic E-state index is 13.5. The van der Waals surface area contributed by atoms with E-state index in [2.05, 4.69) is 30.4 Å². The third kappa shape index (κ3) is 2.57. The van der Waals surface area contributed by atoms with Crippen LogP contribution < -0.4 is 0 Å². The van der Waals surface area contributed by atoms with Gasteiger partial charge >= 0.3 is 0 Å². The van der Waals surface area contributed by atoms with Crippen LogP contribution in [0.5, 0.6) is 0 Å². The summed E-state index contributed by atoms with van der Waals surface area (Å²) in [5.41, 5.74) is 8.79. The minimum absolute atomic E-state index is 0.260. The van der Waals surface area contributed by atoms with Gasteiger partial charge in [-0.3, -0.25) is 4.40 Å². The number of aryl methyl sites for hydroxylation is 2. The molecule has 0 saturated heterocycles. The minimum atomic E-state index is -0.260. The highest BCUT2D eigenvalue weighted by Crippen LogP contribution is 2.34. The molecule has 5 aromatic rings. The average molecular weight is 367 g/mol. The first-order valence-electron chi connectivity index (χ1n) is 9.21. The number of aromatic nitrogens is 3. The van der Waals surface area contributed by atoms with E-state index >= 15 is 0 Å². The van der Waals surface area contributed by atoms with E-state index in [0.717, 1.165) is 39.1 Å². The topological polar surface area (TPSA) is 30.2 Å². The summed E-state index contributed by atoms with van der Waals surface area (Å²) in [7, 11) is 0. The van der Waals surface area contributed by atoms with Crippen molar-refractivity contribution in [2.45, 2.75) is 13.8 Å². The minimum Gasteiger partial charge on any atom is -0.295 e. The van der Waals surface area contributed by atoms with Crippen LogP contribution in [0.4, 0.5) is 4.39 Å². The summed E-state index contributed by atoms with van der Waals surface area (Å²) in [4.78, 5) is 9.70. The van der Waals surface area contributed by atoms with E-state index in [0.29, 0.717) is 0 Å². The molecule has 5 rings (SSSR count). The highest BCUT2D eigenvalue weighted by Gasteiger charge is 2.17. The molecular weight excluding hydrogens is 349 g/mol. The Labute approximate surface area is 162 Å². The number of rotatable bonds is 2. The van der Waals surface area contributed by atoms with Crippen LogP contribution in [0, 0.1) is 19.7 Å². The first-order valence-corrected chi connectivity index (χ1v) is 9.21. The van der Waals surface area contributed by atoms with E-state index in [1.165, 1.54) is 23.3 Å². The highest BCUT2D eigenvalue weighted by atomic mass is 19.1. The van der Waals surface area contributed by atoms with E-state index in [1.54, 1.807) is 12.1 Å². The highest BCUT2D eigenvalue weighted by molar-refractivity contribution is 5.95. The van der Waals surface area contributed by atoms with Crippen LogP contribution in [0.25, 0.3) is 39.1 Å². The molecule has 0 radical (unpaired) electrons. The SMILES string of the molecule is Cc1cc2nc(-c3ccc(F)cc3)c3c(-c4ccccc4)ncn3c2cc1C. The number of benzene rings is 3. The lowest BCUT2D eigenvalue weighted by molar-refractivity contribution is 0.628. The first-order chi connectivity index (χ1) is 13.6. The van der Waals surface area contributed by atoms with Crippen molar-refractivity contribution >= 4 is 16.6 Å². The first kappa shape index (κ1) is 16.6. The quantitative estimate of drug-likeness (QED) is 0.385. The van der Waals surface area contributed by atoms with E-state index in [4.69, 9.17) is 9.97 Å². The zero-order chi connectivity index (χ0) is 19.3. The summed E-state index contributed by atoms with van der Waals surface area (Å²) < 4.78 is 15.6. The van der Waals surface area contributed by atoms with Crippen molar-refractivity contribution in [3.8, 4) is 22.5 Å². The second kappa shape index (κ2) is 6.27. The largest absolute Gasteiger partial charge is 0.295 e. The normalized spacial score (nSPS) is 11.4. The molecule has 0 unspecified atom stereocenters. The Morgan fingerprint density at radius 1 is 0.786 bits per heavy atom. The fourth-order valence-electron chi connectivity index (χ4n) is 3.62. The van der Waals surface area contributed by atoms with E-state index < -0.39 is 0 Å². The Balaban J connectivity index is 1.93. The molecule has 2 aromatic heterocycles. The van der Waals surface area contributed by atoms with E-state index in [1.807, 2.05) is 36.7 Å². The van der Waals surface area contributed by atoms with Crippen LogP contribution in [0.3, 0.4) is 0 Å². The lowest BCUT2D eigenvalue weighted by Crippen LogP contribution is -1.97. The summed E-state index contributed by atoms with van der Waals surface area (Å²) in [6, 6.07) is 20.8. The van der Waals surface area contributed by atoms with Crippen LogP contribution in [0.2, 0.25) is 0 Å². The van der Waals surface area contributed by atoms with Crippen LogP contribution in [0.1, 0.15) is 11.1 Å². The number of imidazole rings is 1. The molecule has 0 spiro atoms. The summed E-state index contributed by atoms with van der Waals surface area (Å²) >= 11 is 0. The van der Waals surface area contributed by atoms with Gasteiger partial charge < -0.3 is 0 Å². The van der Waals surface area contributed by atoms with Crippen molar-refractivity contribution in [3.63, 3.8) is 0 Å². The van der Waals surface area contributed by atoms with Crippen molar-refractivity contribution < 1.29 is 4.39 Å². The van der Waals surface area contributed by atoms with Gasteiger partial charge in [0.1, 0.15) is 12.1 Å². The van der Waals surface area contributed by atoms with Crippen LogP contribution >= 0.6 is 0 Å². The van der Waals surface area contributed by atoms with Crippen LogP contribution in [-0.4, -0.2) is 14.4 Å². The lowest BCUT2D eigenvalue weighted by Gasteiger charge is -2.12. The standard InChI is InChI=1S/C24H18FN3/c1-15-12-20-21(13-16(15)2)28-14-26-22(17-6-4-3-5-7-17)24(28)23(27-20)18-8-10-19(25)11-9-18/h3-14H,1-2H3. The third-order valence-electron chi connectivity index (χ3n) is 5.24. The van der Waals surface area contributed by atoms with Crippen molar-refractivity contribution in [3.05, 3.63) is 90.0 Å². The fraction of sp³-hybridized carbons (Fsp3) is 0.0833. The van der Waals surface area contributed by atoms with Gasteiger partial charge in [-0.15, -0.1) is 0 Å². The monoisotopic (exact) mass is 367 g/mol. The van der Waals surface area contributed by atoms with Gasteiger partial charge in [0.15, 0.2) is 0 Å². The second-order valence-electron chi connectivity index (χ2n) is 7.07. The number of hydrogen-bond acceptors (Lipinski definition) is 2. The van der Waals surface area contributed by atoms with Gasteiger partial charge in [-0.05, 0) is 61.4 Å². The van der Waals surface area contributed by atoms with Crippen molar-refractivity contribution in [2.75, 3.05) is 0 Å². The average Bonchev–Trinajstić information content (AvgIpc) is 3.15. The predicted molar refractivity (Wildman–Crippen MR) is 111 cm³/mol. The molecule has 0 N–H and O–H groups in total. The van der Waals surface area contributed by atoms with Crippen molar-refractivity contribution in [1.29, 1.82) is 0 Å². The van der Waals surface area contributed by atoms with Crippen molar-refractivity contribution in [1.82, 2.24) is 14.4 Å². The van der Waals surface area contributed by atoms with E-state index in [9.17, 15) is 4.39 Å². The summed E-state index contributed by atoms with van der Waals surface area (Å²) in [6.07, 6.45) is 1.85. The fourth-order valence-corrected chi connectivity index (χ4v) is 3.62. The molecule has 3 aromatic carbocycles. The molecule has 0 aliphatic rings. The molecule has 0 aliphatic heterocycles. The second-order valence-corrected chi connectivity index (χ2v) is 7.07. The molecule has 0 atom stereocenters. The molecule has 3 nitrogen and oxygen atoms in total. The Bertz CT molecular complexity index is 1320. The van der Waals surface area contributed by atoms with Gasteiger partial charge in [-0.1, -0.05) is 30.3 Å². The zero-order valence-electron chi connectivity index (χ0n) is 15.6. The Hall–Kier alpha value is -3.53. The molecular formula is C24H18FN3. The zero-order valence-corrected chi connectivity index (χ0v) is 15.6. The molecule has 136 valence electrons. The number of halogens is 1. The Morgan fingerprint density at radius 2 is 1.46 bits per heavy atom. The molecule has 0 bridgehead atoms. The summed E-state index contributed by atoms with van der Waals surface area (Å²) in [5, 5.41) is 0. The van der Waals surface area contributed by atoms with Crippen molar-refractivity contribution in [2.24, 2.45) is 0 Å². The Kier molecular flexibility index (Phi) is 3.72. The molecule has 0 saturated carbocycles. The van der Waals surface area contributed by atoms with Crippen LogP contribution in [-0.2, 0) is 0 Å². The summed E-state index contributed by atoms with van der Waals surface area (Å²) in [5.74, 6) is -0.260. The van der Waals surface area contributed by atoms with E-state index in [-0.39, 0.29) is 5.82 Å². The molecule has 4 heteroatoms. The van der Waals surface area contributed by atoms with Gasteiger partial charge in [-0.25, -0.2) is 14.4 Å². The molecule has 0 fully saturated rings. The molecule has 28 heavy (non-hydrogen) atoms. The smallest absolute Gasteiger partial charge is 0.123 e. The Morgan fingerprint density at radius 3 is 2.21 bits per heavy atom. The maximum Gasteiger partial charge on any atom is 0.123 e. The van der Waals surface area contributed by atoms with Crippen LogP contribution in [0.15, 0.2) is 73.1 Å². The molecule has 2 heterocycles. The van der Waals surface area contributed by atoms with Gasteiger partial charge in [0, 0.05) is 11.1 Å². The van der Waals surface area contributed by atoms with Gasteiger partial charge in [0.2, 0.25) is 0 Å². The molecule has 0 amide bonds. The predicted octanol–water partition coefficient (Wildman–Crippen LogP) is 5.97. The lowest BCUT2D eigenvalue weighted by atomic mass is 10.0. The van der Waals surface area contributed by atoms with Gasteiger partial charge in [0.05, 0.1) is 27.9 Å².